The van der Waals surface area contributed by atoms with Gasteiger partial charge < -0.3 is 0 Å². The van der Waals surface area contributed by atoms with Crippen LogP contribution in [0, 0.1) is 13.8 Å². The first-order valence-corrected chi connectivity index (χ1v) is 5.62. The topological polar surface area (TPSA) is 0 Å². The van der Waals surface area contributed by atoms with Crippen molar-refractivity contribution in [2.75, 3.05) is 0 Å². The fourth-order valence-electron chi connectivity index (χ4n) is 1.48. The second kappa shape index (κ2) is 3.32. The molecule has 68 valence electrons. The van der Waals surface area contributed by atoms with Gasteiger partial charge in [-0.2, -0.15) is 0 Å². The van der Waals surface area contributed by atoms with Crippen molar-refractivity contribution in [1.82, 2.24) is 0 Å². The molecule has 0 aliphatic carbocycles. The fourth-order valence-corrected chi connectivity index (χ4v) is 2.69. The van der Waals surface area contributed by atoms with Gasteiger partial charge in [-0.05, 0) is 42.5 Å². The molecule has 0 nitrogen and oxygen atoms in total. The third kappa shape index (κ3) is 1.47. The Balaban J connectivity index is 2.76. The summed E-state index contributed by atoms with van der Waals surface area (Å²) in [5.74, 6) is 0.623. The maximum Gasteiger partial charge on any atom is 0.0568 e. The summed E-state index contributed by atoms with van der Waals surface area (Å²) in [6.45, 7) is 4.31. The van der Waals surface area contributed by atoms with E-state index >= 15 is 0 Å². The largest absolute Gasteiger partial charge is 0.139 e. The number of hydrogen-bond donors (Lipinski definition) is 0. The summed E-state index contributed by atoms with van der Waals surface area (Å²) in [6.07, 6.45) is 0. The van der Waals surface area contributed by atoms with Crippen molar-refractivity contribution in [3.63, 3.8) is 0 Å². The Kier molecular flexibility index (Phi) is 2.31. The highest BCUT2D eigenvalue weighted by Gasteiger charge is 2.04. The smallest absolute Gasteiger partial charge is 0.0568 e. The number of thiophene rings is 1. The Morgan fingerprint density at radius 2 is 2.08 bits per heavy atom. The average Bonchev–Trinajstić information content (AvgIpc) is 2.55. The van der Waals surface area contributed by atoms with Crippen LogP contribution in [0.5, 0.6) is 0 Å². The third-order valence-electron chi connectivity index (χ3n) is 2.42. The van der Waals surface area contributed by atoms with E-state index in [0.29, 0.717) is 5.88 Å². The van der Waals surface area contributed by atoms with Crippen molar-refractivity contribution < 1.29 is 0 Å². The van der Waals surface area contributed by atoms with E-state index in [1.165, 1.54) is 26.1 Å². The Morgan fingerprint density at radius 1 is 1.31 bits per heavy atom. The van der Waals surface area contributed by atoms with Gasteiger partial charge in [-0.1, -0.05) is 6.07 Å². The van der Waals surface area contributed by atoms with E-state index in [-0.39, 0.29) is 0 Å². The van der Waals surface area contributed by atoms with Gasteiger partial charge in [-0.25, -0.2) is 0 Å². The molecule has 1 heterocycles. The van der Waals surface area contributed by atoms with E-state index in [1.54, 1.807) is 11.3 Å². The lowest BCUT2D eigenvalue weighted by Gasteiger charge is -1.99. The highest BCUT2D eigenvalue weighted by Crippen LogP contribution is 2.30. The zero-order valence-electron chi connectivity index (χ0n) is 7.73. The van der Waals surface area contributed by atoms with E-state index in [9.17, 15) is 0 Å². The minimum Gasteiger partial charge on any atom is -0.139 e. The van der Waals surface area contributed by atoms with E-state index in [4.69, 9.17) is 11.6 Å². The maximum absolute atomic E-state index is 5.80. The predicted molar refractivity (Wildman–Crippen MR) is 60.9 cm³/mol. The minimum absolute atomic E-state index is 0.623. The summed E-state index contributed by atoms with van der Waals surface area (Å²) in [4.78, 5) is 1.25. The van der Waals surface area contributed by atoms with Gasteiger partial charge in [0.15, 0.2) is 0 Å². The van der Waals surface area contributed by atoms with Crippen molar-refractivity contribution in [3.8, 4) is 0 Å². The highest BCUT2D eigenvalue weighted by molar-refractivity contribution is 7.19. The second-order valence-electron chi connectivity index (χ2n) is 3.27. The summed E-state index contributed by atoms with van der Waals surface area (Å²) in [7, 11) is 0. The zero-order valence-corrected chi connectivity index (χ0v) is 9.30. The Labute approximate surface area is 87.2 Å². The maximum atomic E-state index is 5.80. The molecule has 1 aromatic carbocycles. The normalized spacial score (nSPS) is 11.0. The summed E-state index contributed by atoms with van der Waals surface area (Å²) in [5.41, 5.74) is 2.73. The second-order valence-corrected chi connectivity index (χ2v) is 4.70. The molecule has 0 atom stereocenters. The first-order valence-electron chi connectivity index (χ1n) is 4.27. The molecule has 2 rings (SSSR count). The molecule has 0 unspecified atom stereocenters. The van der Waals surface area contributed by atoms with Crippen molar-refractivity contribution >= 4 is 33.0 Å². The monoisotopic (exact) mass is 210 g/mol. The molecule has 0 aliphatic heterocycles. The standard InChI is InChI=1S/C11H11ClS/c1-7-3-4-11-10(8(7)2)5-9(6-12)13-11/h3-5H,6H2,1-2H3. The molecule has 0 radical (unpaired) electrons. The first-order chi connectivity index (χ1) is 6.22. The minimum atomic E-state index is 0.623. The zero-order chi connectivity index (χ0) is 9.42. The number of halogens is 1. The Bertz CT molecular complexity index is 443. The number of rotatable bonds is 1. The van der Waals surface area contributed by atoms with Gasteiger partial charge >= 0.3 is 0 Å². The van der Waals surface area contributed by atoms with E-state index in [0.717, 1.165) is 0 Å². The molecule has 0 spiro atoms. The van der Waals surface area contributed by atoms with Gasteiger partial charge in [0, 0.05) is 9.58 Å². The molecule has 0 fully saturated rings. The molecule has 0 bridgehead atoms. The highest BCUT2D eigenvalue weighted by atomic mass is 35.5. The lowest BCUT2D eigenvalue weighted by Crippen LogP contribution is -1.78. The van der Waals surface area contributed by atoms with Crippen molar-refractivity contribution in [3.05, 3.63) is 34.2 Å². The quantitative estimate of drug-likeness (QED) is 0.618. The molecule has 2 heteroatoms. The van der Waals surface area contributed by atoms with E-state index < -0.39 is 0 Å². The molecule has 0 amide bonds. The molecule has 0 aliphatic rings. The Morgan fingerprint density at radius 3 is 2.77 bits per heavy atom. The molecule has 13 heavy (non-hydrogen) atoms. The fraction of sp³-hybridized carbons (Fsp3) is 0.273. The summed E-state index contributed by atoms with van der Waals surface area (Å²) >= 11 is 7.59. The van der Waals surface area contributed by atoms with Crippen LogP contribution in [-0.4, -0.2) is 0 Å². The lowest BCUT2D eigenvalue weighted by atomic mass is 10.1. The average molecular weight is 211 g/mol. The van der Waals surface area contributed by atoms with E-state index in [1.807, 2.05) is 0 Å². The molecule has 2 aromatic rings. The van der Waals surface area contributed by atoms with Crippen LogP contribution in [-0.2, 0) is 5.88 Å². The van der Waals surface area contributed by atoms with Crippen molar-refractivity contribution in [1.29, 1.82) is 0 Å². The first kappa shape index (κ1) is 9.04. The summed E-state index contributed by atoms with van der Waals surface area (Å²) in [6, 6.07) is 6.56. The molecule has 0 saturated heterocycles. The van der Waals surface area contributed by atoms with Gasteiger partial charge in [-0.15, -0.1) is 22.9 Å². The van der Waals surface area contributed by atoms with Crippen LogP contribution in [0.4, 0.5) is 0 Å². The molecule has 0 N–H and O–H groups in total. The van der Waals surface area contributed by atoms with Crippen molar-refractivity contribution in [2.45, 2.75) is 19.7 Å². The SMILES string of the molecule is Cc1ccc2sc(CCl)cc2c1C. The molecular weight excluding hydrogens is 200 g/mol. The van der Waals surface area contributed by atoms with Gasteiger partial charge in [0.25, 0.3) is 0 Å². The summed E-state index contributed by atoms with van der Waals surface area (Å²) < 4.78 is 1.35. The molecule has 0 saturated carbocycles. The number of aryl methyl sites for hydroxylation is 2. The van der Waals surface area contributed by atoms with E-state index in [2.05, 4.69) is 32.0 Å². The van der Waals surface area contributed by atoms with Crippen LogP contribution in [0.15, 0.2) is 18.2 Å². The van der Waals surface area contributed by atoms with Crippen LogP contribution >= 0.6 is 22.9 Å². The van der Waals surface area contributed by atoms with Crippen LogP contribution in [0.25, 0.3) is 10.1 Å². The molecule has 1 aromatic heterocycles. The van der Waals surface area contributed by atoms with Gasteiger partial charge in [-0.3, -0.25) is 0 Å². The number of hydrogen-bond acceptors (Lipinski definition) is 1. The van der Waals surface area contributed by atoms with Crippen LogP contribution in [0.1, 0.15) is 16.0 Å². The number of fused-ring (bicyclic) bond motifs is 1. The predicted octanol–water partition coefficient (Wildman–Crippen LogP) is 4.26. The van der Waals surface area contributed by atoms with Gasteiger partial charge in [0.05, 0.1) is 5.88 Å². The van der Waals surface area contributed by atoms with Gasteiger partial charge in [0.2, 0.25) is 0 Å². The van der Waals surface area contributed by atoms with Crippen LogP contribution < -0.4 is 0 Å². The van der Waals surface area contributed by atoms with Crippen LogP contribution in [0.3, 0.4) is 0 Å². The number of alkyl halides is 1. The third-order valence-corrected chi connectivity index (χ3v) is 3.97. The van der Waals surface area contributed by atoms with Crippen LogP contribution in [0.2, 0.25) is 0 Å². The van der Waals surface area contributed by atoms with Crippen molar-refractivity contribution in [2.24, 2.45) is 0 Å². The summed E-state index contributed by atoms with van der Waals surface area (Å²) in [5, 5.41) is 1.36. The Hall–Kier alpha value is -0.530. The lowest BCUT2D eigenvalue weighted by molar-refractivity contribution is 1.38. The molecular formula is C11H11ClS. The number of benzene rings is 1. The van der Waals surface area contributed by atoms with Gasteiger partial charge in [0.1, 0.15) is 0 Å².